The summed E-state index contributed by atoms with van der Waals surface area (Å²) in [6.07, 6.45) is 5.34. The molecule has 0 fully saturated rings. The lowest BCUT2D eigenvalue weighted by atomic mass is 9.89. The fraction of sp³-hybridized carbons (Fsp3) is 0.500. The Morgan fingerprint density at radius 2 is 1.92 bits per heavy atom. The van der Waals surface area contributed by atoms with E-state index in [1.54, 1.807) is 0 Å². The lowest BCUT2D eigenvalue weighted by Crippen LogP contribution is -2.43. The highest BCUT2D eigenvalue weighted by atomic mass is 16.5. The fourth-order valence-corrected chi connectivity index (χ4v) is 2.58. The predicted molar refractivity (Wildman–Crippen MR) is 96.9 cm³/mol. The minimum Gasteiger partial charge on any atom is -0.494 e. The summed E-state index contributed by atoms with van der Waals surface area (Å²) in [5.41, 5.74) is 0. The first-order valence-electron chi connectivity index (χ1n) is 8.61. The number of para-hydroxylation sites is 1. The molecule has 0 unspecified atom stereocenters. The summed E-state index contributed by atoms with van der Waals surface area (Å²) in [6, 6.07) is 9.25. The molecule has 1 aromatic rings. The van der Waals surface area contributed by atoms with Gasteiger partial charge in [0.1, 0.15) is 5.75 Å². The van der Waals surface area contributed by atoms with Gasteiger partial charge in [-0.1, -0.05) is 44.2 Å². The van der Waals surface area contributed by atoms with Crippen LogP contribution in [0, 0.1) is 11.8 Å². The number of ether oxygens (including phenoxy) is 1. The summed E-state index contributed by atoms with van der Waals surface area (Å²) in [6.45, 7) is 7.79. The average molecular weight is 331 g/mol. The van der Waals surface area contributed by atoms with Crippen LogP contribution in [0.1, 0.15) is 40.5 Å². The van der Waals surface area contributed by atoms with Crippen LogP contribution in [0.3, 0.4) is 0 Å². The Labute approximate surface area is 145 Å². The number of hydrogen-bond donors (Lipinski definition) is 1. The smallest absolute Gasteiger partial charge is 0.224 e. The van der Waals surface area contributed by atoms with Gasteiger partial charge in [-0.3, -0.25) is 9.59 Å². The zero-order valence-electron chi connectivity index (χ0n) is 15.1. The maximum atomic E-state index is 12.4. The van der Waals surface area contributed by atoms with Gasteiger partial charge in [0.25, 0.3) is 0 Å². The minimum atomic E-state index is -0.397. The van der Waals surface area contributed by atoms with Crippen molar-refractivity contribution >= 4 is 11.7 Å². The van der Waals surface area contributed by atoms with Gasteiger partial charge in [-0.05, 0) is 44.7 Å². The van der Waals surface area contributed by atoms with E-state index in [0.717, 1.165) is 12.2 Å². The summed E-state index contributed by atoms with van der Waals surface area (Å²) in [4.78, 5) is 23.9. The van der Waals surface area contributed by atoms with Crippen molar-refractivity contribution in [2.24, 2.45) is 11.8 Å². The second-order valence-electron chi connectivity index (χ2n) is 6.01. The molecule has 0 saturated heterocycles. The van der Waals surface area contributed by atoms with Crippen molar-refractivity contribution < 1.29 is 14.3 Å². The molecule has 0 heterocycles. The number of carbonyl (C=O) groups excluding carboxylic acids is 2. The van der Waals surface area contributed by atoms with Crippen molar-refractivity contribution in [2.75, 3.05) is 6.61 Å². The molecule has 1 aromatic carbocycles. The SMILES string of the molecule is C/C=C/[C@@H](CCOc1ccccc1)[C@@H](C)C(=O)N[C@@H](CC)C(C)=O. The quantitative estimate of drug-likeness (QED) is 0.664. The van der Waals surface area contributed by atoms with Crippen LogP contribution in [0.4, 0.5) is 0 Å². The lowest BCUT2D eigenvalue weighted by Gasteiger charge is -2.23. The number of nitrogens with one attached hydrogen (secondary N) is 1. The number of ketones is 1. The molecule has 0 aromatic heterocycles. The minimum absolute atomic E-state index is 0.00644. The highest BCUT2D eigenvalue weighted by molar-refractivity contribution is 5.88. The Bertz CT molecular complexity index is 539. The topological polar surface area (TPSA) is 55.4 Å². The molecule has 1 amide bonds. The van der Waals surface area contributed by atoms with Crippen LogP contribution < -0.4 is 10.1 Å². The molecule has 3 atom stereocenters. The standard InChI is InChI=1S/C20H29NO3/c1-5-10-17(13-14-24-18-11-8-7-9-12-18)15(3)20(23)21-19(6-2)16(4)22/h5,7-12,15,17,19H,6,13-14H2,1-4H3,(H,21,23)/b10-5+/t15-,17+,19+/m1/s1. The molecule has 132 valence electrons. The van der Waals surface area contributed by atoms with E-state index in [1.807, 2.05) is 63.3 Å². The third-order valence-electron chi connectivity index (χ3n) is 4.17. The van der Waals surface area contributed by atoms with E-state index in [9.17, 15) is 9.59 Å². The van der Waals surface area contributed by atoms with Crippen molar-refractivity contribution in [2.45, 2.75) is 46.6 Å². The second-order valence-corrected chi connectivity index (χ2v) is 6.01. The molecule has 1 rings (SSSR count). The third kappa shape index (κ3) is 6.57. The van der Waals surface area contributed by atoms with E-state index >= 15 is 0 Å². The molecule has 1 N–H and O–H groups in total. The van der Waals surface area contributed by atoms with Crippen LogP contribution in [-0.2, 0) is 9.59 Å². The lowest BCUT2D eigenvalue weighted by molar-refractivity contribution is -0.130. The van der Waals surface area contributed by atoms with Crippen molar-refractivity contribution in [3.05, 3.63) is 42.5 Å². The molecular weight excluding hydrogens is 302 g/mol. The molecule has 0 aliphatic rings. The van der Waals surface area contributed by atoms with Crippen LogP contribution in [0.25, 0.3) is 0 Å². The number of hydrogen-bond acceptors (Lipinski definition) is 3. The Morgan fingerprint density at radius 3 is 2.46 bits per heavy atom. The summed E-state index contributed by atoms with van der Waals surface area (Å²) in [5.74, 6) is 0.599. The van der Waals surface area contributed by atoms with Crippen molar-refractivity contribution in [1.82, 2.24) is 5.32 Å². The first-order valence-corrected chi connectivity index (χ1v) is 8.61. The van der Waals surface area contributed by atoms with Gasteiger partial charge in [-0.25, -0.2) is 0 Å². The molecule has 24 heavy (non-hydrogen) atoms. The Balaban J connectivity index is 2.58. The van der Waals surface area contributed by atoms with Gasteiger partial charge in [0.05, 0.1) is 12.6 Å². The van der Waals surface area contributed by atoms with Crippen molar-refractivity contribution in [1.29, 1.82) is 0 Å². The third-order valence-corrected chi connectivity index (χ3v) is 4.17. The maximum Gasteiger partial charge on any atom is 0.224 e. The molecule has 4 nitrogen and oxygen atoms in total. The van der Waals surface area contributed by atoms with Crippen LogP contribution >= 0.6 is 0 Å². The normalized spacial score (nSPS) is 14.8. The van der Waals surface area contributed by atoms with Crippen LogP contribution in [0.5, 0.6) is 5.75 Å². The van der Waals surface area contributed by atoms with Gasteiger partial charge in [-0.2, -0.15) is 0 Å². The molecule has 4 heteroatoms. The summed E-state index contributed by atoms with van der Waals surface area (Å²) < 4.78 is 5.73. The van der Waals surface area contributed by atoms with Gasteiger partial charge in [0.15, 0.2) is 5.78 Å². The summed E-state index contributed by atoms with van der Waals surface area (Å²) in [5, 5.41) is 2.85. The zero-order chi connectivity index (χ0) is 17.9. The molecule has 0 bridgehead atoms. The molecule has 0 aliphatic carbocycles. The first-order chi connectivity index (χ1) is 11.5. The van der Waals surface area contributed by atoms with E-state index in [0.29, 0.717) is 13.0 Å². The van der Waals surface area contributed by atoms with Crippen molar-refractivity contribution in [3.8, 4) is 5.75 Å². The van der Waals surface area contributed by atoms with Gasteiger partial charge in [-0.15, -0.1) is 0 Å². The van der Waals surface area contributed by atoms with Crippen LogP contribution in [0.15, 0.2) is 42.5 Å². The van der Waals surface area contributed by atoms with Gasteiger partial charge in [0, 0.05) is 5.92 Å². The van der Waals surface area contributed by atoms with E-state index < -0.39 is 6.04 Å². The average Bonchev–Trinajstić information content (AvgIpc) is 2.58. The highest BCUT2D eigenvalue weighted by Crippen LogP contribution is 2.19. The zero-order valence-corrected chi connectivity index (χ0v) is 15.1. The molecule has 0 saturated carbocycles. The Morgan fingerprint density at radius 1 is 1.25 bits per heavy atom. The monoisotopic (exact) mass is 331 g/mol. The second kappa shape index (κ2) is 10.6. The van der Waals surface area contributed by atoms with Crippen molar-refractivity contribution in [3.63, 3.8) is 0 Å². The van der Waals surface area contributed by atoms with Gasteiger partial charge < -0.3 is 10.1 Å². The molecule has 0 radical (unpaired) electrons. The van der Waals surface area contributed by atoms with E-state index in [2.05, 4.69) is 5.32 Å². The number of Topliss-reactive ketones (excluding diaryl/α,β-unsaturated/α-hetero) is 1. The number of amides is 1. The van der Waals surface area contributed by atoms with Gasteiger partial charge in [0.2, 0.25) is 5.91 Å². The first kappa shape index (κ1) is 19.9. The number of benzene rings is 1. The summed E-state index contributed by atoms with van der Waals surface area (Å²) >= 11 is 0. The molecule has 0 spiro atoms. The predicted octanol–water partition coefficient (Wildman–Crippen LogP) is 3.77. The van der Waals surface area contributed by atoms with E-state index in [1.165, 1.54) is 6.92 Å². The van der Waals surface area contributed by atoms with Gasteiger partial charge >= 0.3 is 0 Å². The molecular formula is C20H29NO3. The van der Waals surface area contributed by atoms with Crippen LogP contribution in [0.2, 0.25) is 0 Å². The number of carbonyl (C=O) groups is 2. The highest BCUT2D eigenvalue weighted by Gasteiger charge is 2.24. The maximum absolute atomic E-state index is 12.4. The summed E-state index contributed by atoms with van der Waals surface area (Å²) in [7, 11) is 0. The molecule has 0 aliphatic heterocycles. The van der Waals surface area contributed by atoms with Crippen LogP contribution in [-0.4, -0.2) is 24.3 Å². The van der Waals surface area contributed by atoms with E-state index in [-0.39, 0.29) is 23.5 Å². The fourth-order valence-electron chi connectivity index (χ4n) is 2.58. The largest absolute Gasteiger partial charge is 0.494 e. The number of rotatable bonds is 10. The van der Waals surface area contributed by atoms with E-state index in [4.69, 9.17) is 4.74 Å². The Hall–Kier alpha value is -2.10. The number of allylic oxidation sites excluding steroid dienone is 2. The Kier molecular flexibility index (Phi) is 8.84.